The van der Waals surface area contributed by atoms with Gasteiger partial charge in [0.05, 0.1) is 10.5 Å². The Labute approximate surface area is 126 Å². The van der Waals surface area contributed by atoms with E-state index in [9.17, 15) is 13.2 Å². The summed E-state index contributed by atoms with van der Waals surface area (Å²) in [6, 6.07) is 4.01. The lowest BCUT2D eigenvalue weighted by Crippen LogP contribution is -2.43. The molecule has 0 atom stereocenters. The first-order valence-electron chi connectivity index (χ1n) is 6.30. The Morgan fingerprint density at radius 1 is 1.35 bits per heavy atom. The Bertz CT molecular complexity index is 636. The largest absolute Gasteiger partial charge is 0.478 e. The number of aromatic carboxylic acids is 1. The molecule has 110 valence electrons. The number of carboxylic acids is 1. The molecule has 1 fully saturated rings. The van der Waals surface area contributed by atoms with Crippen molar-refractivity contribution < 1.29 is 18.3 Å². The molecule has 20 heavy (non-hydrogen) atoms. The summed E-state index contributed by atoms with van der Waals surface area (Å²) in [4.78, 5) is 11.0. The van der Waals surface area contributed by atoms with E-state index in [2.05, 4.69) is 20.7 Å². The van der Waals surface area contributed by atoms with Crippen LogP contribution >= 0.6 is 15.9 Å². The Hall–Kier alpha value is -0.920. The van der Waals surface area contributed by atoms with Gasteiger partial charge in [-0.05, 0) is 53.9 Å². The molecule has 1 aliphatic carbocycles. The fourth-order valence-corrected chi connectivity index (χ4v) is 4.38. The molecule has 5 nitrogen and oxygen atoms in total. The molecule has 0 radical (unpaired) electrons. The predicted molar refractivity (Wildman–Crippen MR) is 78.3 cm³/mol. The molecule has 7 heteroatoms. The first-order valence-corrected chi connectivity index (χ1v) is 8.58. The van der Waals surface area contributed by atoms with Gasteiger partial charge in [-0.3, -0.25) is 0 Å². The van der Waals surface area contributed by atoms with Crippen LogP contribution in [0.3, 0.4) is 0 Å². The normalized spacial score (nSPS) is 18.1. The lowest BCUT2D eigenvalue weighted by molar-refractivity contribution is 0.0695. The summed E-state index contributed by atoms with van der Waals surface area (Å²) in [5, 5.41) is 9.05. The van der Waals surface area contributed by atoms with Gasteiger partial charge in [0.15, 0.2) is 0 Å². The zero-order chi connectivity index (χ0) is 15.0. The summed E-state index contributed by atoms with van der Waals surface area (Å²) in [7, 11) is -3.71. The Balaban J connectivity index is 2.34. The molecule has 0 aromatic heterocycles. The topological polar surface area (TPSA) is 83.5 Å². The average molecular weight is 362 g/mol. The van der Waals surface area contributed by atoms with E-state index in [1.807, 2.05) is 6.92 Å². The maximum Gasteiger partial charge on any atom is 0.336 e. The van der Waals surface area contributed by atoms with Crippen molar-refractivity contribution in [2.24, 2.45) is 0 Å². The number of hydrogen-bond donors (Lipinski definition) is 2. The second-order valence-corrected chi connectivity index (χ2v) is 7.86. The maximum atomic E-state index is 12.4. The highest BCUT2D eigenvalue weighted by molar-refractivity contribution is 9.10. The van der Waals surface area contributed by atoms with Gasteiger partial charge in [-0.15, -0.1) is 0 Å². The molecule has 0 unspecified atom stereocenters. The second-order valence-electron chi connectivity index (χ2n) is 5.32. The van der Waals surface area contributed by atoms with E-state index < -0.39 is 21.5 Å². The molecule has 0 bridgehead atoms. The number of hydrogen-bond acceptors (Lipinski definition) is 3. The van der Waals surface area contributed by atoms with E-state index >= 15 is 0 Å². The monoisotopic (exact) mass is 361 g/mol. The van der Waals surface area contributed by atoms with Crippen molar-refractivity contribution in [2.75, 3.05) is 0 Å². The lowest BCUT2D eigenvalue weighted by Gasteiger charge is -2.25. The third-order valence-electron chi connectivity index (χ3n) is 3.57. The molecule has 0 heterocycles. The quantitative estimate of drug-likeness (QED) is 0.863. The highest BCUT2D eigenvalue weighted by atomic mass is 79.9. The predicted octanol–water partition coefficient (Wildman–Crippen LogP) is 2.76. The fourth-order valence-electron chi connectivity index (χ4n) is 2.48. The third kappa shape index (κ3) is 3.21. The highest BCUT2D eigenvalue weighted by Gasteiger charge is 2.33. The van der Waals surface area contributed by atoms with Gasteiger partial charge in [0.1, 0.15) is 0 Å². The van der Waals surface area contributed by atoms with Crippen LogP contribution in [-0.4, -0.2) is 25.0 Å². The molecule has 2 rings (SSSR count). The molecular formula is C13H16BrNO4S. The van der Waals surface area contributed by atoms with Crippen molar-refractivity contribution in [3.05, 3.63) is 28.2 Å². The summed E-state index contributed by atoms with van der Waals surface area (Å²) in [5.74, 6) is -1.17. The standard InChI is InChI=1S/C13H16BrNO4S/c1-13(6-2-3-7-13)15-20(18,19)9-4-5-11(14)10(8-9)12(16)17/h4-5,8,15H,2-3,6-7H2,1H3,(H,16,17). The second kappa shape index (κ2) is 5.46. The van der Waals surface area contributed by atoms with Crippen molar-refractivity contribution in [1.82, 2.24) is 4.72 Å². The summed E-state index contributed by atoms with van der Waals surface area (Å²) in [6.45, 7) is 1.88. The lowest BCUT2D eigenvalue weighted by atomic mass is 10.0. The Morgan fingerprint density at radius 3 is 2.50 bits per heavy atom. The van der Waals surface area contributed by atoms with Crippen LogP contribution in [0.15, 0.2) is 27.6 Å². The fraction of sp³-hybridized carbons (Fsp3) is 0.462. The van der Waals surface area contributed by atoms with Crippen LogP contribution in [0, 0.1) is 0 Å². The molecule has 0 amide bonds. The summed E-state index contributed by atoms with van der Waals surface area (Å²) >= 11 is 3.10. The van der Waals surface area contributed by atoms with Gasteiger partial charge in [0.25, 0.3) is 0 Å². The highest BCUT2D eigenvalue weighted by Crippen LogP contribution is 2.31. The molecule has 0 saturated heterocycles. The van der Waals surface area contributed by atoms with Gasteiger partial charge >= 0.3 is 5.97 Å². The van der Waals surface area contributed by atoms with Gasteiger partial charge in [0.2, 0.25) is 10.0 Å². The summed E-state index contributed by atoms with van der Waals surface area (Å²) in [5.41, 5.74) is -0.501. The van der Waals surface area contributed by atoms with Crippen molar-refractivity contribution in [3.63, 3.8) is 0 Å². The molecule has 1 aromatic carbocycles. The number of carboxylic acid groups (broad SMARTS) is 1. The first kappa shape index (κ1) is 15.5. The minimum atomic E-state index is -3.71. The van der Waals surface area contributed by atoms with E-state index in [0.717, 1.165) is 25.7 Å². The number of rotatable bonds is 4. The van der Waals surface area contributed by atoms with Crippen LogP contribution in [0.2, 0.25) is 0 Å². The number of carbonyl (C=O) groups is 1. The van der Waals surface area contributed by atoms with Crippen molar-refractivity contribution >= 4 is 31.9 Å². The van der Waals surface area contributed by atoms with E-state index in [1.54, 1.807) is 0 Å². The van der Waals surface area contributed by atoms with Gasteiger partial charge in [-0.25, -0.2) is 17.9 Å². The number of sulfonamides is 1. The minimum Gasteiger partial charge on any atom is -0.478 e. The molecule has 1 aromatic rings. The molecule has 2 N–H and O–H groups in total. The van der Waals surface area contributed by atoms with E-state index in [0.29, 0.717) is 4.47 Å². The zero-order valence-corrected chi connectivity index (χ0v) is 13.4. The molecule has 1 aliphatic rings. The van der Waals surface area contributed by atoms with Crippen LogP contribution in [0.25, 0.3) is 0 Å². The van der Waals surface area contributed by atoms with Crippen molar-refractivity contribution in [1.29, 1.82) is 0 Å². The average Bonchev–Trinajstić information content (AvgIpc) is 2.74. The molecular weight excluding hydrogens is 346 g/mol. The smallest absolute Gasteiger partial charge is 0.336 e. The van der Waals surface area contributed by atoms with Gasteiger partial charge in [0, 0.05) is 10.0 Å². The summed E-state index contributed by atoms with van der Waals surface area (Å²) < 4.78 is 27.8. The van der Waals surface area contributed by atoms with Crippen LogP contribution in [0.1, 0.15) is 43.0 Å². The molecule has 1 saturated carbocycles. The number of benzene rings is 1. The zero-order valence-electron chi connectivity index (χ0n) is 11.0. The summed E-state index contributed by atoms with van der Waals surface area (Å²) in [6.07, 6.45) is 3.60. The van der Waals surface area contributed by atoms with Crippen molar-refractivity contribution in [3.8, 4) is 0 Å². The maximum absolute atomic E-state index is 12.4. The van der Waals surface area contributed by atoms with Crippen molar-refractivity contribution in [2.45, 2.75) is 43.0 Å². The van der Waals surface area contributed by atoms with Gasteiger partial charge in [-0.1, -0.05) is 12.8 Å². The minimum absolute atomic E-state index is 0.0220. The van der Waals surface area contributed by atoms with E-state index in [-0.39, 0.29) is 10.5 Å². The first-order chi connectivity index (χ1) is 9.23. The molecule has 0 aliphatic heterocycles. The number of halogens is 1. The van der Waals surface area contributed by atoms with Crippen LogP contribution < -0.4 is 4.72 Å². The van der Waals surface area contributed by atoms with Crippen LogP contribution in [0.4, 0.5) is 0 Å². The van der Waals surface area contributed by atoms with Gasteiger partial charge in [-0.2, -0.15) is 0 Å². The third-order valence-corrected chi connectivity index (χ3v) is 5.89. The molecule has 0 spiro atoms. The Morgan fingerprint density at radius 2 is 1.95 bits per heavy atom. The van der Waals surface area contributed by atoms with Gasteiger partial charge < -0.3 is 5.11 Å². The Kier molecular flexibility index (Phi) is 4.22. The number of nitrogens with one attached hydrogen (secondary N) is 1. The van der Waals surface area contributed by atoms with E-state index in [1.165, 1.54) is 18.2 Å². The van der Waals surface area contributed by atoms with Crippen LogP contribution in [0.5, 0.6) is 0 Å². The van der Waals surface area contributed by atoms with E-state index in [4.69, 9.17) is 5.11 Å². The van der Waals surface area contributed by atoms with Crippen LogP contribution in [-0.2, 0) is 10.0 Å². The SMILES string of the molecule is CC1(NS(=O)(=O)c2ccc(Br)c(C(=O)O)c2)CCCC1.